The highest BCUT2D eigenvalue weighted by Crippen LogP contribution is 2.27. The fraction of sp³-hybridized carbons (Fsp3) is 0.909. The number of carbonyl (C=O) groups is 1. The average Bonchev–Trinajstić information content (AvgIpc) is 2.23. The van der Waals surface area contributed by atoms with E-state index in [0.717, 1.165) is 4.90 Å². The van der Waals surface area contributed by atoms with E-state index in [1.54, 1.807) is 20.8 Å². The summed E-state index contributed by atoms with van der Waals surface area (Å²) in [6, 6.07) is 0. The van der Waals surface area contributed by atoms with E-state index in [1.165, 1.54) is 0 Å². The minimum Gasteiger partial charge on any atom is -0.444 e. The molecule has 1 atom stereocenters. The van der Waals surface area contributed by atoms with E-state index in [4.69, 9.17) is 4.74 Å². The zero-order chi connectivity index (χ0) is 13.3. The van der Waals surface area contributed by atoms with Crippen LogP contribution in [0.1, 0.15) is 33.6 Å². The Balaban J connectivity index is 2.70. The molecule has 6 heteroatoms. The number of alkyl halides is 2. The lowest BCUT2D eigenvalue weighted by molar-refractivity contribution is -0.0389. The number of amides is 1. The molecule has 1 heterocycles. The fourth-order valence-electron chi connectivity index (χ4n) is 1.61. The number of rotatable bonds is 0. The highest BCUT2D eigenvalue weighted by molar-refractivity contribution is 5.68. The minimum atomic E-state index is -2.96. The Morgan fingerprint density at radius 3 is 2.59 bits per heavy atom. The second-order valence-corrected chi connectivity index (χ2v) is 5.41. The molecule has 4 nitrogen and oxygen atoms in total. The summed E-state index contributed by atoms with van der Waals surface area (Å²) in [5, 5.41) is 9.46. The molecule has 1 N–H and O–H groups in total. The van der Waals surface area contributed by atoms with Crippen LogP contribution in [-0.2, 0) is 4.74 Å². The molecule has 0 spiro atoms. The first-order valence-corrected chi connectivity index (χ1v) is 5.63. The topological polar surface area (TPSA) is 49.8 Å². The average molecular weight is 251 g/mol. The summed E-state index contributed by atoms with van der Waals surface area (Å²) in [5.74, 6) is -2.96. The van der Waals surface area contributed by atoms with Gasteiger partial charge >= 0.3 is 6.09 Å². The van der Waals surface area contributed by atoms with Crippen LogP contribution in [0.25, 0.3) is 0 Å². The van der Waals surface area contributed by atoms with E-state index in [0.29, 0.717) is 0 Å². The second-order valence-electron chi connectivity index (χ2n) is 5.41. The van der Waals surface area contributed by atoms with Gasteiger partial charge in [0, 0.05) is 6.42 Å². The van der Waals surface area contributed by atoms with Gasteiger partial charge < -0.3 is 9.84 Å². The van der Waals surface area contributed by atoms with Gasteiger partial charge in [0.1, 0.15) is 5.60 Å². The van der Waals surface area contributed by atoms with E-state index in [-0.39, 0.29) is 13.0 Å². The zero-order valence-corrected chi connectivity index (χ0v) is 10.4. The van der Waals surface area contributed by atoms with Crippen molar-refractivity contribution < 1.29 is 23.4 Å². The summed E-state index contributed by atoms with van der Waals surface area (Å²) >= 11 is 0. The molecule has 0 aromatic carbocycles. The van der Waals surface area contributed by atoms with Crippen LogP contribution in [0.4, 0.5) is 13.6 Å². The van der Waals surface area contributed by atoms with Crippen molar-refractivity contribution in [2.75, 3.05) is 13.1 Å². The lowest BCUT2D eigenvalue weighted by Gasteiger charge is -2.28. The monoisotopic (exact) mass is 251 g/mol. The molecule has 0 bridgehead atoms. The number of hydrogen-bond donors (Lipinski definition) is 1. The summed E-state index contributed by atoms with van der Waals surface area (Å²) in [6.45, 7) is 4.19. The highest BCUT2D eigenvalue weighted by Gasteiger charge is 2.39. The van der Waals surface area contributed by atoms with Gasteiger partial charge in [-0.1, -0.05) is 0 Å². The van der Waals surface area contributed by atoms with Crippen LogP contribution >= 0.6 is 0 Å². The Labute approximate surface area is 99.5 Å². The fourth-order valence-corrected chi connectivity index (χ4v) is 1.61. The number of aliphatic hydroxyl groups is 1. The zero-order valence-electron chi connectivity index (χ0n) is 10.4. The molecule has 0 saturated carbocycles. The van der Waals surface area contributed by atoms with Crippen molar-refractivity contribution in [3.63, 3.8) is 0 Å². The molecule has 1 amide bonds. The number of aliphatic hydroxyl groups excluding tert-OH is 1. The summed E-state index contributed by atoms with van der Waals surface area (Å²) < 4.78 is 31.7. The van der Waals surface area contributed by atoms with Crippen LogP contribution in [-0.4, -0.2) is 46.8 Å². The van der Waals surface area contributed by atoms with Crippen LogP contribution < -0.4 is 0 Å². The predicted octanol–water partition coefficient (Wildman–Crippen LogP) is 2.01. The van der Waals surface area contributed by atoms with Gasteiger partial charge in [-0.05, 0) is 27.2 Å². The predicted molar refractivity (Wildman–Crippen MR) is 58.0 cm³/mol. The first kappa shape index (κ1) is 14.2. The number of carbonyl (C=O) groups excluding carboxylic acids is 1. The minimum absolute atomic E-state index is 0.00764. The first-order valence-electron chi connectivity index (χ1n) is 5.63. The van der Waals surface area contributed by atoms with Crippen molar-refractivity contribution in [1.82, 2.24) is 4.90 Å². The Bertz CT molecular complexity index is 289. The van der Waals surface area contributed by atoms with E-state index in [2.05, 4.69) is 0 Å². The molecule has 1 saturated heterocycles. The van der Waals surface area contributed by atoms with Gasteiger partial charge in [0.2, 0.25) is 0 Å². The SMILES string of the molecule is CC(C)(C)OC(=O)N1CC(O)CCC(F)(F)C1. The van der Waals surface area contributed by atoms with Gasteiger partial charge in [-0.25, -0.2) is 13.6 Å². The molecule has 17 heavy (non-hydrogen) atoms. The molecule has 1 rings (SSSR count). The molecule has 0 aliphatic carbocycles. The molecular formula is C11H19F2NO3. The maximum absolute atomic E-state index is 13.3. The van der Waals surface area contributed by atoms with Crippen LogP contribution in [0.3, 0.4) is 0 Å². The lowest BCUT2D eigenvalue weighted by atomic mass is 10.1. The molecule has 1 aliphatic rings. The molecule has 1 unspecified atom stereocenters. The Morgan fingerprint density at radius 1 is 1.47 bits per heavy atom. The van der Waals surface area contributed by atoms with E-state index >= 15 is 0 Å². The van der Waals surface area contributed by atoms with E-state index in [1.807, 2.05) is 0 Å². The van der Waals surface area contributed by atoms with E-state index < -0.39 is 36.7 Å². The summed E-state index contributed by atoms with van der Waals surface area (Å²) in [5.41, 5.74) is -0.733. The highest BCUT2D eigenvalue weighted by atomic mass is 19.3. The number of nitrogens with zero attached hydrogens (tertiary/aromatic N) is 1. The third kappa shape index (κ3) is 4.85. The van der Waals surface area contributed by atoms with Gasteiger partial charge in [0.05, 0.1) is 19.2 Å². The lowest BCUT2D eigenvalue weighted by Crippen LogP contribution is -2.44. The van der Waals surface area contributed by atoms with Gasteiger partial charge in [0.25, 0.3) is 5.92 Å². The van der Waals surface area contributed by atoms with Crippen LogP contribution in [0.2, 0.25) is 0 Å². The van der Waals surface area contributed by atoms with Gasteiger partial charge in [-0.15, -0.1) is 0 Å². The van der Waals surface area contributed by atoms with Gasteiger partial charge in [-0.3, -0.25) is 4.90 Å². The van der Waals surface area contributed by atoms with Crippen LogP contribution in [0, 0.1) is 0 Å². The maximum Gasteiger partial charge on any atom is 0.410 e. The summed E-state index contributed by atoms with van der Waals surface area (Å²) in [4.78, 5) is 12.5. The summed E-state index contributed by atoms with van der Waals surface area (Å²) in [6.07, 6.45) is -2.14. The number of β-amino-alcohol motifs (C(OH)–C–C–N with tert-alkyl or cyclic N) is 1. The van der Waals surface area contributed by atoms with Crippen molar-refractivity contribution in [3.8, 4) is 0 Å². The molecule has 0 aromatic heterocycles. The Hall–Kier alpha value is -0.910. The standard InChI is InChI=1S/C11H19F2NO3/c1-10(2,3)17-9(16)14-6-8(15)4-5-11(12,13)7-14/h8,15H,4-7H2,1-3H3. The summed E-state index contributed by atoms with van der Waals surface area (Å²) in [7, 11) is 0. The van der Waals surface area contributed by atoms with Crippen LogP contribution in [0.5, 0.6) is 0 Å². The normalized spacial score (nSPS) is 25.3. The second kappa shape index (κ2) is 4.76. The number of halogens is 2. The van der Waals surface area contributed by atoms with E-state index in [9.17, 15) is 18.7 Å². The number of ether oxygens (including phenoxy) is 1. The smallest absolute Gasteiger partial charge is 0.410 e. The quantitative estimate of drug-likeness (QED) is 0.716. The third-order valence-electron chi connectivity index (χ3n) is 2.35. The number of likely N-dealkylation sites (tertiary alicyclic amines) is 1. The van der Waals surface area contributed by atoms with Crippen LogP contribution in [0.15, 0.2) is 0 Å². The Kier molecular flexibility index (Phi) is 3.96. The van der Waals surface area contributed by atoms with Crippen molar-refractivity contribution in [1.29, 1.82) is 0 Å². The molecule has 0 aromatic rings. The Morgan fingerprint density at radius 2 is 2.06 bits per heavy atom. The molecule has 1 fully saturated rings. The molecule has 100 valence electrons. The maximum atomic E-state index is 13.3. The number of hydrogen-bond acceptors (Lipinski definition) is 3. The van der Waals surface area contributed by atoms with Crippen molar-refractivity contribution >= 4 is 6.09 Å². The first-order chi connectivity index (χ1) is 7.59. The largest absolute Gasteiger partial charge is 0.444 e. The van der Waals surface area contributed by atoms with Crippen molar-refractivity contribution in [2.24, 2.45) is 0 Å². The third-order valence-corrected chi connectivity index (χ3v) is 2.35. The van der Waals surface area contributed by atoms with Crippen molar-refractivity contribution in [3.05, 3.63) is 0 Å². The molecular weight excluding hydrogens is 232 g/mol. The van der Waals surface area contributed by atoms with Gasteiger partial charge in [0.15, 0.2) is 0 Å². The molecule has 0 radical (unpaired) electrons. The molecule has 1 aliphatic heterocycles. The van der Waals surface area contributed by atoms with Crippen molar-refractivity contribution in [2.45, 2.75) is 51.2 Å². The van der Waals surface area contributed by atoms with Gasteiger partial charge in [-0.2, -0.15) is 0 Å².